The highest BCUT2D eigenvalue weighted by Gasteiger charge is 2.25. The minimum absolute atomic E-state index is 0.0266. The second-order valence-corrected chi connectivity index (χ2v) is 7.04. The third-order valence-corrected chi connectivity index (χ3v) is 4.92. The van der Waals surface area contributed by atoms with Crippen LogP contribution in [0.4, 0.5) is 0 Å². The van der Waals surface area contributed by atoms with Gasteiger partial charge in [-0.05, 0) is 30.7 Å². The summed E-state index contributed by atoms with van der Waals surface area (Å²) in [5.74, 6) is -1.11. The van der Waals surface area contributed by atoms with Gasteiger partial charge in [0.1, 0.15) is 10.6 Å². The van der Waals surface area contributed by atoms with Crippen LogP contribution in [0.15, 0.2) is 53.4 Å². The van der Waals surface area contributed by atoms with Crippen LogP contribution in [0.5, 0.6) is 5.75 Å². The average Bonchev–Trinajstić information content (AvgIpc) is 2.65. The largest absolute Gasteiger partial charge is 0.496 e. The van der Waals surface area contributed by atoms with E-state index in [-0.39, 0.29) is 21.8 Å². The topological polar surface area (TPSA) is 102 Å². The Kier molecular flexibility index (Phi) is 6.35. The number of benzene rings is 2. The maximum atomic E-state index is 12.7. The minimum atomic E-state index is -4.25. The number of carbonyl (C=O) groups is 2. The molecule has 0 saturated carbocycles. The van der Waals surface area contributed by atoms with Gasteiger partial charge in [0, 0.05) is 6.54 Å². The van der Waals surface area contributed by atoms with Crippen LogP contribution in [-0.4, -0.2) is 33.9 Å². The number of para-hydroxylation sites is 1. The van der Waals surface area contributed by atoms with Crippen LogP contribution >= 0.6 is 0 Å². The normalized spacial score (nSPS) is 10.8. The molecule has 2 rings (SSSR count). The monoisotopic (exact) mass is 376 g/mol. The van der Waals surface area contributed by atoms with E-state index in [2.05, 4.69) is 5.32 Å². The Bertz CT molecular complexity index is 909. The van der Waals surface area contributed by atoms with Gasteiger partial charge in [-0.1, -0.05) is 31.2 Å². The highest BCUT2D eigenvalue weighted by Crippen LogP contribution is 2.20. The lowest BCUT2D eigenvalue weighted by Gasteiger charge is -2.12. The van der Waals surface area contributed by atoms with Crippen molar-refractivity contribution in [3.05, 3.63) is 59.7 Å². The van der Waals surface area contributed by atoms with Crippen LogP contribution in [0.1, 0.15) is 34.1 Å². The number of hydrogen-bond donors (Lipinski definition) is 2. The lowest BCUT2D eigenvalue weighted by atomic mass is 10.2. The molecule has 0 atom stereocenters. The van der Waals surface area contributed by atoms with E-state index in [1.54, 1.807) is 24.3 Å². The molecule has 0 heterocycles. The zero-order chi connectivity index (χ0) is 19.2. The smallest absolute Gasteiger partial charge is 0.268 e. The second-order valence-electron chi connectivity index (χ2n) is 5.39. The van der Waals surface area contributed by atoms with Crippen molar-refractivity contribution in [1.29, 1.82) is 0 Å². The standard InChI is InChI=1S/C18H20N2O5S/c1-3-12-19-17(21)14-9-5-7-11-16(14)26(23,24)20-18(22)13-8-4-6-10-15(13)25-2/h4-11H,3,12H2,1-2H3,(H,19,21)(H,20,22). The number of amides is 2. The molecule has 0 aliphatic heterocycles. The van der Waals surface area contributed by atoms with Crippen LogP contribution in [0.25, 0.3) is 0 Å². The lowest BCUT2D eigenvalue weighted by molar-refractivity contribution is 0.0946. The number of nitrogens with one attached hydrogen (secondary N) is 2. The van der Waals surface area contributed by atoms with Gasteiger partial charge in [-0.25, -0.2) is 13.1 Å². The Labute approximate surface area is 152 Å². The quantitative estimate of drug-likeness (QED) is 0.769. The molecule has 0 aliphatic carbocycles. The third-order valence-electron chi connectivity index (χ3n) is 3.54. The number of methoxy groups -OCH3 is 1. The van der Waals surface area contributed by atoms with Gasteiger partial charge < -0.3 is 10.1 Å². The molecule has 2 aromatic rings. The molecule has 2 amide bonds. The van der Waals surface area contributed by atoms with Crippen molar-refractivity contribution in [2.24, 2.45) is 0 Å². The molecule has 0 saturated heterocycles. The molecule has 26 heavy (non-hydrogen) atoms. The molecule has 0 aromatic heterocycles. The van der Waals surface area contributed by atoms with Crippen molar-refractivity contribution in [2.75, 3.05) is 13.7 Å². The summed E-state index contributed by atoms with van der Waals surface area (Å²) in [6.45, 7) is 2.30. The van der Waals surface area contributed by atoms with Crippen molar-refractivity contribution < 1.29 is 22.7 Å². The number of carbonyl (C=O) groups excluding carboxylic acids is 2. The van der Waals surface area contributed by atoms with Crippen molar-refractivity contribution in [3.8, 4) is 5.75 Å². The van der Waals surface area contributed by atoms with E-state index in [0.29, 0.717) is 13.0 Å². The summed E-state index contributed by atoms with van der Waals surface area (Å²) < 4.78 is 32.4. The van der Waals surface area contributed by atoms with Gasteiger partial charge in [0.05, 0.1) is 18.2 Å². The molecule has 138 valence electrons. The van der Waals surface area contributed by atoms with Crippen molar-refractivity contribution in [2.45, 2.75) is 18.2 Å². The van der Waals surface area contributed by atoms with Crippen LogP contribution in [-0.2, 0) is 10.0 Å². The van der Waals surface area contributed by atoms with E-state index >= 15 is 0 Å². The van der Waals surface area contributed by atoms with Gasteiger partial charge in [-0.2, -0.15) is 0 Å². The van der Waals surface area contributed by atoms with E-state index < -0.39 is 21.8 Å². The number of sulfonamides is 1. The molecular weight excluding hydrogens is 356 g/mol. The van der Waals surface area contributed by atoms with Crippen LogP contribution in [0.3, 0.4) is 0 Å². The summed E-state index contributed by atoms with van der Waals surface area (Å²) >= 11 is 0. The molecule has 0 spiro atoms. The third kappa shape index (κ3) is 4.40. The molecule has 0 aliphatic rings. The van der Waals surface area contributed by atoms with Crippen molar-refractivity contribution in [3.63, 3.8) is 0 Å². The van der Waals surface area contributed by atoms with E-state index in [1.807, 2.05) is 11.6 Å². The number of hydrogen-bond acceptors (Lipinski definition) is 5. The molecule has 2 aromatic carbocycles. The fourth-order valence-corrected chi connectivity index (χ4v) is 3.46. The van der Waals surface area contributed by atoms with E-state index in [9.17, 15) is 18.0 Å². The van der Waals surface area contributed by atoms with Gasteiger partial charge in [-0.3, -0.25) is 9.59 Å². The van der Waals surface area contributed by atoms with Crippen LogP contribution in [0.2, 0.25) is 0 Å². The Morgan fingerprint density at radius 3 is 2.23 bits per heavy atom. The first-order valence-electron chi connectivity index (χ1n) is 7.98. The lowest BCUT2D eigenvalue weighted by Crippen LogP contribution is -2.33. The fraction of sp³-hybridized carbons (Fsp3) is 0.222. The zero-order valence-electron chi connectivity index (χ0n) is 14.5. The second kappa shape index (κ2) is 8.48. The first kappa shape index (κ1) is 19.5. The van der Waals surface area contributed by atoms with Crippen molar-refractivity contribution in [1.82, 2.24) is 10.0 Å². The van der Waals surface area contributed by atoms with Crippen LogP contribution < -0.4 is 14.8 Å². The van der Waals surface area contributed by atoms with E-state index in [4.69, 9.17) is 4.74 Å². The van der Waals surface area contributed by atoms with Gasteiger partial charge in [0.15, 0.2) is 0 Å². The average molecular weight is 376 g/mol. The predicted molar refractivity (Wildman–Crippen MR) is 96.7 cm³/mol. The van der Waals surface area contributed by atoms with E-state index in [1.165, 1.54) is 31.4 Å². The highest BCUT2D eigenvalue weighted by molar-refractivity contribution is 7.90. The highest BCUT2D eigenvalue weighted by atomic mass is 32.2. The van der Waals surface area contributed by atoms with E-state index in [0.717, 1.165) is 0 Å². The molecule has 0 radical (unpaired) electrons. The minimum Gasteiger partial charge on any atom is -0.496 e. The maximum absolute atomic E-state index is 12.7. The molecule has 7 nitrogen and oxygen atoms in total. The van der Waals surface area contributed by atoms with Gasteiger partial charge >= 0.3 is 0 Å². The maximum Gasteiger partial charge on any atom is 0.268 e. The first-order valence-corrected chi connectivity index (χ1v) is 9.46. The first-order chi connectivity index (χ1) is 12.4. The molecular formula is C18H20N2O5S. The van der Waals surface area contributed by atoms with Crippen LogP contribution in [0, 0.1) is 0 Å². The molecule has 0 fully saturated rings. The van der Waals surface area contributed by atoms with Gasteiger partial charge in [0.25, 0.3) is 21.8 Å². The van der Waals surface area contributed by atoms with Crippen molar-refractivity contribution >= 4 is 21.8 Å². The molecule has 0 unspecified atom stereocenters. The summed E-state index contributed by atoms with van der Waals surface area (Å²) in [6, 6.07) is 12.0. The predicted octanol–water partition coefficient (Wildman–Crippen LogP) is 1.95. The molecule has 0 bridgehead atoms. The fourth-order valence-electron chi connectivity index (χ4n) is 2.29. The SMILES string of the molecule is CCCNC(=O)c1ccccc1S(=O)(=O)NC(=O)c1ccccc1OC. The Morgan fingerprint density at radius 2 is 1.58 bits per heavy atom. The number of rotatable bonds is 7. The Balaban J connectivity index is 2.34. The summed E-state index contributed by atoms with van der Waals surface area (Å²) in [7, 11) is -2.87. The molecule has 2 N–H and O–H groups in total. The molecule has 8 heteroatoms. The number of ether oxygens (including phenoxy) is 1. The Hall–Kier alpha value is -2.87. The van der Waals surface area contributed by atoms with Gasteiger partial charge in [-0.15, -0.1) is 0 Å². The summed E-state index contributed by atoms with van der Waals surface area (Å²) in [4.78, 5) is 24.3. The summed E-state index contributed by atoms with van der Waals surface area (Å²) in [5.41, 5.74) is 0.0489. The van der Waals surface area contributed by atoms with Gasteiger partial charge in [0.2, 0.25) is 0 Å². The summed E-state index contributed by atoms with van der Waals surface area (Å²) in [5, 5.41) is 2.63. The summed E-state index contributed by atoms with van der Waals surface area (Å²) in [6.07, 6.45) is 0.713. The Morgan fingerprint density at radius 1 is 0.962 bits per heavy atom. The zero-order valence-corrected chi connectivity index (χ0v) is 15.3.